The largest absolute Gasteiger partial charge is 0.461 e. The molecule has 1 aliphatic heterocycles. The van der Waals surface area contributed by atoms with Crippen molar-refractivity contribution in [2.24, 2.45) is 0 Å². The average Bonchev–Trinajstić information content (AvgIpc) is 2.77. The fourth-order valence-electron chi connectivity index (χ4n) is 1.63. The van der Waals surface area contributed by atoms with Crippen molar-refractivity contribution in [2.75, 3.05) is 19.0 Å². The molecule has 0 aromatic heterocycles. The van der Waals surface area contributed by atoms with Gasteiger partial charge < -0.3 is 9.47 Å². The van der Waals surface area contributed by atoms with Gasteiger partial charge >= 0.3 is 5.97 Å². The van der Waals surface area contributed by atoms with Crippen molar-refractivity contribution in [3.05, 3.63) is 0 Å². The van der Waals surface area contributed by atoms with Gasteiger partial charge in [-0.25, -0.2) is 4.79 Å². The predicted octanol–water partition coefficient (Wildman–Crippen LogP) is 0.853. The third-order valence-corrected chi connectivity index (χ3v) is 4.00. The molecule has 1 saturated heterocycles. The molecule has 0 aromatic rings. The molecule has 0 radical (unpaired) electrons. The van der Waals surface area contributed by atoms with Crippen molar-refractivity contribution in [3.63, 3.8) is 0 Å². The predicted molar refractivity (Wildman–Crippen MR) is 64.6 cm³/mol. The van der Waals surface area contributed by atoms with E-state index in [4.69, 9.17) is 13.7 Å². The Balaban J connectivity index is 2.32. The summed E-state index contributed by atoms with van der Waals surface area (Å²) in [6, 6.07) is 0. The Morgan fingerprint density at radius 2 is 2.22 bits per heavy atom. The molecule has 7 heteroatoms. The molecule has 1 fully saturated rings. The lowest BCUT2D eigenvalue weighted by Gasteiger charge is -2.14. The first kappa shape index (κ1) is 15.4. The quantitative estimate of drug-likeness (QED) is 0.508. The molecule has 0 aromatic carbocycles. The van der Waals surface area contributed by atoms with Crippen molar-refractivity contribution in [3.8, 4) is 0 Å². The molecule has 106 valence electrons. The maximum absolute atomic E-state index is 11.5. The Hall–Kier alpha value is -0.660. The molecule has 0 spiro atoms. The number of carbonyl (C=O) groups is 1. The lowest BCUT2D eigenvalue weighted by Crippen LogP contribution is -2.29. The Bertz CT molecular complexity index is 358. The fraction of sp³-hybridized carbons (Fsp3) is 0.909. The zero-order valence-corrected chi connectivity index (χ0v) is 11.6. The number of ether oxygens (including phenoxy) is 2. The number of rotatable bonds is 7. The molecule has 1 unspecified atom stereocenters. The summed E-state index contributed by atoms with van der Waals surface area (Å²) >= 11 is 0. The highest BCUT2D eigenvalue weighted by atomic mass is 32.2. The first-order valence-electron chi connectivity index (χ1n) is 6.14. The minimum atomic E-state index is -3.65. The van der Waals surface area contributed by atoms with Crippen LogP contribution in [0.25, 0.3) is 0 Å². The number of carbonyl (C=O) groups excluding carboxylic acids is 1. The van der Waals surface area contributed by atoms with Crippen LogP contribution < -0.4 is 0 Å². The maximum Gasteiger partial charge on any atom is 0.336 e. The fourth-order valence-corrected chi connectivity index (χ4v) is 2.74. The van der Waals surface area contributed by atoms with Crippen molar-refractivity contribution >= 4 is 16.1 Å². The van der Waals surface area contributed by atoms with Gasteiger partial charge in [-0.05, 0) is 26.2 Å². The topological polar surface area (TPSA) is 78.9 Å². The van der Waals surface area contributed by atoms with E-state index in [-0.39, 0.29) is 18.5 Å². The zero-order chi connectivity index (χ0) is 13.6. The number of hydrogen-bond donors (Lipinski definition) is 0. The molecular weight excluding hydrogens is 260 g/mol. The van der Waals surface area contributed by atoms with Gasteiger partial charge in [0, 0.05) is 6.61 Å². The molecule has 1 rings (SSSR count). The Morgan fingerprint density at radius 1 is 1.50 bits per heavy atom. The van der Waals surface area contributed by atoms with Crippen LogP contribution in [0, 0.1) is 0 Å². The van der Waals surface area contributed by atoms with Crippen LogP contribution in [0.3, 0.4) is 0 Å². The Kier molecular flexibility index (Phi) is 6.04. The second kappa shape index (κ2) is 7.06. The van der Waals surface area contributed by atoms with Crippen LogP contribution in [0.2, 0.25) is 0 Å². The van der Waals surface area contributed by atoms with Crippen LogP contribution in [0.5, 0.6) is 0 Å². The SMILES string of the molecule is CCCS(=O)(=O)OC(C)C(=O)OC[C@@H]1CCCO1. The Morgan fingerprint density at radius 3 is 2.78 bits per heavy atom. The van der Waals surface area contributed by atoms with E-state index in [1.54, 1.807) is 6.92 Å². The molecule has 0 saturated carbocycles. The van der Waals surface area contributed by atoms with Gasteiger partial charge in [0.05, 0.1) is 11.9 Å². The summed E-state index contributed by atoms with van der Waals surface area (Å²) in [4.78, 5) is 11.5. The van der Waals surface area contributed by atoms with Crippen molar-refractivity contribution in [1.82, 2.24) is 0 Å². The second-order valence-corrected chi connectivity index (χ2v) is 5.98. The van der Waals surface area contributed by atoms with E-state index in [2.05, 4.69) is 0 Å². The van der Waals surface area contributed by atoms with Crippen LogP contribution in [-0.4, -0.2) is 45.6 Å². The van der Waals surface area contributed by atoms with Gasteiger partial charge in [0.15, 0.2) is 6.10 Å². The standard InChI is InChI=1S/C11H20O6S/c1-3-7-18(13,14)17-9(2)11(12)16-8-10-5-4-6-15-10/h9-10H,3-8H2,1-2H3/t9?,10-/m0/s1. The third-order valence-electron chi connectivity index (χ3n) is 2.51. The van der Waals surface area contributed by atoms with E-state index in [1.807, 2.05) is 0 Å². The van der Waals surface area contributed by atoms with E-state index in [1.165, 1.54) is 6.92 Å². The zero-order valence-electron chi connectivity index (χ0n) is 10.8. The molecule has 0 bridgehead atoms. The second-order valence-electron chi connectivity index (χ2n) is 4.27. The van der Waals surface area contributed by atoms with E-state index < -0.39 is 22.2 Å². The molecular formula is C11H20O6S. The van der Waals surface area contributed by atoms with Crippen molar-refractivity contribution < 1.29 is 26.9 Å². The summed E-state index contributed by atoms with van der Waals surface area (Å²) in [5, 5.41) is 0. The number of esters is 1. The molecule has 0 aliphatic carbocycles. The summed E-state index contributed by atoms with van der Waals surface area (Å²) < 4.78 is 37.7. The van der Waals surface area contributed by atoms with Gasteiger partial charge in [-0.3, -0.25) is 4.18 Å². The lowest BCUT2D eigenvalue weighted by atomic mass is 10.2. The summed E-state index contributed by atoms with van der Waals surface area (Å²) in [6.45, 7) is 3.92. The van der Waals surface area contributed by atoms with E-state index in [0.717, 1.165) is 12.8 Å². The molecule has 1 heterocycles. The molecule has 18 heavy (non-hydrogen) atoms. The van der Waals surface area contributed by atoms with E-state index in [9.17, 15) is 13.2 Å². The van der Waals surface area contributed by atoms with Crippen LogP contribution in [-0.2, 0) is 28.6 Å². The van der Waals surface area contributed by atoms with Crippen molar-refractivity contribution in [2.45, 2.75) is 45.3 Å². The van der Waals surface area contributed by atoms with Crippen molar-refractivity contribution in [1.29, 1.82) is 0 Å². The van der Waals surface area contributed by atoms with Crippen LogP contribution in [0.4, 0.5) is 0 Å². The van der Waals surface area contributed by atoms with Gasteiger partial charge in [0.25, 0.3) is 10.1 Å². The molecule has 6 nitrogen and oxygen atoms in total. The summed E-state index contributed by atoms with van der Waals surface area (Å²) in [7, 11) is -3.65. The molecule has 0 N–H and O–H groups in total. The summed E-state index contributed by atoms with van der Waals surface area (Å²) in [5.74, 6) is -0.777. The van der Waals surface area contributed by atoms with Crippen LogP contribution in [0.1, 0.15) is 33.1 Å². The first-order chi connectivity index (χ1) is 8.44. The minimum Gasteiger partial charge on any atom is -0.461 e. The van der Waals surface area contributed by atoms with Gasteiger partial charge in [0.2, 0.25) is 0 Å². The molecule has 2 atom stereocenters. The number of hydrogen-bond acceptors (Lipinski definition) is 6. The summed E-state index contributed by atoms with van der Waals surface area (Å²) in [5.41, 5.74) is 0. The van der Waals surface area contributed by atoms with E-state index >= 15 is 0 Å². The highest BCUT2D eigenvalue weighted by molar-refractivity contribution is 7.86. The maximum atomic E-state index is 11.5. The third kappa shape index (κ3) is 5.32. The molecule has 0 amide bonds. The van der Waals surface area contributed by atoms with Gasteiger partial charge in [-0.2, -0.15) is 8.42 Å². The summed E-state index contributed by atoms with van der Waals surface area (Å²) in [6.07, 6.45) is 1.08. The van der Waals surface area contributed by atoms with Gasteiger partial charge in [-0.1, -0.05) is 6.92 Å². The monoisotopic (exact) mass is 280 g/mol. The van der Waals surface area contributed by atoms with Gasteiger partial charge in [-0.15, -0.1) is 0 Å². The smallest absolute Gasteiger partial charge is 0.336 e. The molecule has 1 aliphatic rings. The first-order valence-corrected chi connectivity index (χ1v) is 7.71. The van der Waals surface area contributed by atoms with E-state index in [0.29, 0.717) is 13.0 Å². The normalized spacial score (nSPS) is 21.8. The lowest BCUT2D eigenvalue weighted by molar-refractivity contribution is -0.154. The van der Waals surface area contributed by atoms with Crippen LogP contribution in [0.15, 0.2) is 0 Å². The van der Waals surface area contributed by atoms with Crippen LogP contribution >= 0.6 is 0 Å². The average molecular weight is 280 g/mol. The minimum absolute atomic E-state index is 0.0756. The Labute approximate surface area is 108 Å². The highest BCUT2D eigenvalue weighted by Gasteiger charge is 2.24. The highest BCUT2D eigenvalue weighted by Crippen LogP contribution is 2.12. The van der Waals surface area contributed by atoms with Gasteiger partial charge in [0.1, 0.15) is 6.61 Å².